The molecule has 5 rings (SSSR count). The van der Waals surface area contributed by atoms with Crippen LogP contribution in [0, 0.1) is 11.3 Å². The highest BCUT2D eigenvalue weighted by Crippen LogP contribution is 2.27. The summed E-state index contributed by atoms with van der Waals surface area (Å²) in [4.78, 5) is 44.9. The third kappa shape index (κ3) is 5.01. The minimum absolute atomic E-state index is 0.148. The molecule has 0 bridgehead atoms. The van der Waals surface area contributed by atoms with Crippen molar-refractivity contribution in [1.82, 2.24) is 30.7 Å². The number of aromatic nitrogens is 3. The van der Waals surface area contributed by atoms with Crippen LogP contribution >= 0.6 is 0 Å². The Morgan fingerprint density at radius 2 is 1.79 bits per heavy atom. The van der Waals surface area contributed by atoms with Gasteiger partial charge in [0, 0.05) is 35.4 Å². The van der Waals surface area contributed by atoms with E-state index in [0.29, 0.717) is 30.4 Å². The molecule has 9 nitrogen and oxygen atoms in total. The quantitative estimate of drug-likeness (QED) is 0.312. The Kier molecular flexibility index (Phi) is 6.69. The molecular formula is C29H34N6O3. The molecule has 3 heterocycles. The number of para-hydroxylation sites is 2. The zero-order chi connectivity index (χ0) is 27.0. The summed E-state index contributed by atoms with van der Waals surface area (Å²) in [6.45, 7) is 8.74. The first-order valence-corrected chi connectivity index (χ1v) is 13.0. The SMILES string of the molecule is C[C@H]1C[C@@H](CNC(=O)[C@@H](NC(=O)c2cc3ccccc3[nH]2)C(C)(C)C)N(C(=O)c2n[nH]c3ccccc23)C1. The number of aromatic amines is 2. The molecule has 0 saturated carbocycles. The van der Waals surface area contributed by atoms with Gasteiger partial charge in [0.25, 0.3) is 11.8 Å². The Labute approximate surface area is 221 Å². The number of nitrogens with one attached hydrogen (secondary N) is 4. The van der Waals surface area contributed by atoms with Gasteiger partial charge < -0.3 is 20.5 Å². The Bertz CT molecular complexity index is 1460. The van der Waals surface area contributed by atoms with Crippen molar-refractivity contribution in [2.75, 3.05) is 13.1 Å². The van der Waals surface area contributed by atoms with Crippen molar-refractivity contribution in [2.24, 2.45) is 11.3 Å². The van der Waals surface area contributed by atoms with Gasteiger partial charge in [-0.25, -0.2) is 0 Å². The summed E-state index contributed by atoms with van der Waals surface area (Å²) < 4.78 is 0. The second kappa shape index (κ2) is 9.96. The summed E-state index contributed by atoms with van der Waals surface area (Å²) >= 11 is 0. The molecule has 4 aromatic rings. The number of benzene rings is 2. The fourth-order valence-electron chi connectivity index (χ4n) is 5.26. The van der Waals surface area contributed by atoms with Crippen LogP contribution in [0.3, 0.4) is 0 Å². The van der Waals surface area contributed by atoms with Gasteiger partial charge in [-0.1, -0.05) is 64.1 Å². The summed E-state index contributed by atoms with van der Waals surface area (Å²) in [7, 11) is 0. The monoisotopic (exact) mass is 514 g/mol. The molecule has 4 N–H and O–H groups in total. The first-order valence-electron chi connectivity index (χ1n) is 13.0. The summed E-state index contributed by atoms with van der Waals surface area (Å²) in [6.07, 6.45) is 0.774. The Hall–Kier alpha value is -4.14. The molecule has 2 aromatic carbocycles. The van der Waals surface area contributed by atoms with E-state index in [-0.39, 0.29) is 23.8 Å². The minimum atomic E-state index is -0.764. The molecule has 0 spiro atoms. The summed E-state index contributed by atoms with van der Waals surface area (Å²) in [6, 6.07) is 16.1. The lowest BCUT2D eigenvalue weighted by atomic mass is 9.86. The number of carbonyl (C=O) groups is 3. The van der Waals surface area contributed by atoms with Crippen molar-refractivity contribution < 1.29 is 14.4 Å². The average molecular weight is 515 g/mol. The maximum absolute atomic E-state index is 13.5. The molecule has 38 heavy (non-hydrogen) atoms. The number of H-pyrrole nitrogens is 2. The second-order valence-electron chi connectivity index (χ2n) is 11.4. The lowest BCUT2D eigenvalue weighted by Gasteiger charge is -2.31. The lowest BCUT2D eigenvalue weighted by Crippen LogP contribution is -2.55. The maximum Gasteiger partial charge on any atom is 0.275 e. The minimum Gasteiger partial charge on any atom is -0.352 e. The van der Waals surface area contributed by atoms with Crippen LogP contribution in [0.5, 0.6) is 0 Å². The predicted octanol–water partition coefficient (Wildman–Crippen LogP) is 3.86. The third-order valence-electron chi connectivity index (χ3n) is 7.25. The van der Waals surface area contributed by atoms with E-state index in [1.165, 1.54) is 0 Å². The molecule has 1 saturated heterocycles. The van der Waals surface area contributed by atoms with Crippen LogP contribution < -0.4 is 10.6 Å². The molecule has 0 aliphatic carbocycles. The van der Waals surface area contributed by atoms with E-state index in [1.807, 2.05) is 74.2 Å². The van der Waals surface area contributed by atoms with Crippen LogP contribution in [0.15, 0.2) is 54.6 Å². The van der Waals surface area contributed by atoms with E-state index in [0.717, 1.165) is 28.2 Å². The molecule has 3 atom stereocenters. The molecule has 0 radical (unpaired) electrons. The van der Waals surface area contributed by atoms with E-state index in [4.69, 9.17) is 0 Å². The fraction of sp³-hybridized carbons (Fsp3) is 0.379. The van der Waals surface area contributed by atoms with Crippen LogP contribution in [0.4, 0.5) is 0 Å². The van der Waals surface area contributed by atoms with Gasteiger partial charge in [0.2, 0.25) is 5.91 Å². The molecule has 1 fully saturated rings. The van der Waals surface area contributed by atoms with Crippen LogP contribution in [0.25, 0.3) is 21.8 Å². The average Bonchev–Trinajstić information content (AvgIpc) is 3.60. The number of nitrogens with zero attached hydrogens (tertiary/aromatic N) is 2. The van der Waals surface area contributed by atoms with Crippen LogP contribution in [0.2, 0.25) is 0 Å². The van der Waals surface area contributed by atoms with Crippen molar-refractivity contribution in [3.05, 3.63) is 66.0 Å². The molecule has 198 valence electrons. The van der Waals surface area contributed by atoms with Crippen molar-refractivity contribution in [3.63, 3.8) is 0 Å². The summed E-state index contributed by atoms with van der Waals surface area (Å²) in [5, 5.41) is 14.9. The van der Waals surface area contributed by atoms with Gasteiger partial charge >= 0.3 is 0 Å². The Morgan fingerprint density at radius 1 is 1.08 bits per heavy atom. The van der Waals surface area contributed by atoms with E-state index in [1.54, 1.807) is 6.07 Å². The fourth-order valence-corrected chi connectivity index (χ4v) is 5.26. The Balaban J connectivity index is 1.28. The molecule has 9 heteroatoms. The van der Waals surface area contributed by atoms with Gasteiger partial charge in [0.15, 0.2) is 5.69 Å². The molecule has 3 amide bonds. The van der Waals surface area contributed by atoms with Gasteiger partial charge in [0.1, 0.15) is 11.7 Å². The lowest BCUT2D eigenvalue weighted by molar-refractivity contribution is -0.125. The predicted molar refractivity (Wildman–Crippen MR) is 147 cm³/mol. The van der Waals surface area contributed by atoms with Crippen LogP contribution in [-0.4, -0.2) is 63.0 Å². The summed E-state index contributed by atoms with van der Waals surface area (Å²) in [5.41, 5.74) is 1.94. The topological polar surface area (TPSA) is 123 Å². The third-order valence-corrected chi connectivity index (χ3v) is 7.25. The second-order valence-corrected chi connectivity index (χ2v) is 11.4. The number of carbonyl (C=O) groups excluding carboxylic acids is 3. The first-order chi connectivity index (χ1) is 18.1. The molecule has 1 aliphatic rings. The Morgan fingerprint density at radius 3 is 2.53 bits per heavy atom. The van der Waals surface area contributed by atoms with Crippen molar-refractivity contribution in [1.29, 1.82) is 0 Å². The highest BCUT2D eigenvalue weighted by Gasteiger charge is 2.37. The first kappa shape index (κ1) is 25.5. The molecule has 1 aliphatic heterocycles. The van der Waals surface area contributed by atoms with E-state index in [9.17, 15) is 14.4 Å². The number of likely N-dealkylation sites (tertiary alicyclic amines) is 1. The van der Waals surface area contributed by atoms with Gasteiger partial charge in [-0.2, -0.15) is 5.10 Å². The van der Waals surface area contributed by atoms with Crippen molar-refractivity contribution in [3.8, 4) is 0 Å². The highest BCUT2D eigenvalue weighted by atomic mass is 16.2. The number of rotatable bonds is 6. The highest BCUT2D eigenvalue weighted by molar-refractivity contribution is 6.05. The van der Waals surface area contributed by atoms with Crippen molar-refractivity contribution >= 4 is 39.5 Å². The summed E-state index contributed by atoms with van der Waals surface area (Å²) in [5.74, 6) is -0.469. The van der Waals surface area contributed by atoms with Crippen LogP contribution in [-0.2, 0) is 4.79 Å². The van der Waals surface area contributed by atoms with E-state index < -0.39 is 11.5 Å². The number of hydrogen-bond acceptors (Lipinski definition) is 4. The standard InChI is InChI=1S/C29H34N6O3/c1-17-13-19(35(16-17)28(38)24-20-10-6-8-12-22(20)33-34-24)15-30-27(37)25(29(2,3)4)32-26(36)23-14-18-9-5-7-11-21(18)31-23/h5-12,14,17,19,25,31H,13,15-16H2,1-4H3,(H,30,37)(H,32,36)(H,33,34)/t17-,19-,25+/m0/s1. The van der Waals surface area contributed by atoms with Gasteiger partial charge in [-0.15, -0.1) is 0 Å². The molecule has 2 aromatic heterocycles. The largest absolute Gasteiger partial charge is 0.352 e. The molecular weight excluding hydrogens is 480 g/mol. The van der Waals surface area contributed by atoms with Crippen molar-refractivity contribution in [2.45, 2.75) is 46.2 Å². The van der Waals surface area contributed by atoms with Gasteiger partial charge in [-0.05, 0) is 36.0 Å². The van der Waals surface area contributed by atoms with E-state index >= 15 is 0 Å². The number of hydrogen-bond donors (Lipinski definition) is 4. The zero-order valence-electron chi connectivity index (χ0n) is 22.2. The van der Waals surface area contributed by atoms with E-state index in [2.05, 4.69) is 32.7 Å². The number of amides is 3. The number of fused-ring (bicyclic) bond motifs is 2. The normalized spacial score (nSPS) is 18.6. The molecule has 0 unspecified atom stereocenters. The van der Waals surface area contributed by atoms with Gasteiger partial charge in [-0.3, -0.25) is 19.5 Å². The van der Waals surface area contributed by atoms with Gasteiger partial charge in [0.05, 0.1) is 5.52 Å². The zero-order valence-corrected chi connectivity index (χ0v) is 22.2. The smallest absolute Gasteiger partial charge is 0.275 e. The van der Waals surface area contributed by atoms with Crippen LogP contribution in [0.1, 0.15) is 55.1 Å². The maximum atomic E-state index is 13.5.